The molecule has 1 spiro atoms. The first-order chi connectivity index (χ1) is 32.2. The molecular weight excluding hydrogens is 787 g/mol. The lowest BCUT2D eigenvalue weighted by Crippen LogP contribution is -2.32. The van der Waals surface area contributed by atoms with Crippen molar-refractivity contribution < 1.29 is 4.74 Å². The molecule has 1 heterocycles. The fourth-order valence-electron chi connectivity index (χ4n) is 10.8. The van der Waals surface area contributed by atoms with Crippen LogP contribution in [0.3, 0.4) is 0 Å². The van der Waals surface area contributed by atoms with E-state index in [9.17, 15) is 0 Å². The molecule has 0 saturated heterocycles. The number of nitrogens with zero attached hydrogens (tertiary/aromatic N) is 1. The molecule has 0 amide bonds. The minimum absolute atomic E-state index is 0.624. The first kappa shape index (κ1) is 37.1. The lowest BCUT2D eigenvalue weighted by molar-refractivity contribution is 0.447. The lowest BCUT2D eigenvalue weighted by atomic mass is 9.65. The number of hydrogen-bond acceptors (Lipinski definition) is 2. The van der Waals surface area contributed by atoms with Crippen molar-refractivity contribution in [2.24, 2.45) is 0 Å². The second-order valence-electron chi connectivity index (χ2n) is 17.2. The van der Waals surface area contributed by atoms with Crippen molar-refractivity contribution in [3.8, 4) is 56.0 Å². The molecule has 0 N–H and O–H groups in total. The van der Waals surface area contributed by atoms with Gasteiger partial charge in [0.2, 0.25) is 0 Å². The van der Waals surface area contributed by atoms with Gasteiger partial charge in [0.25, 0.3) is 0 Å². The minimum atomic E-state index is -0.624. The fourth-order valence-corrected chi connectivity index (χ4v) is 10.8. The van der Waals surface area contributed by atoms with Crippen molar-refractivity contribution in [2.75, 3.05) is 4.90 Å². The van der Waals surface area contributed by atoms with Gasteiger partial charge in [-0.05, 0) is 103 Å². The maximum Gasteiger partial charge on any atom is 0.140 e. The van der Waals surface area contributed by atoms with Gasteiger partial charge in [-0.1, -0.05) is 212 Å². The van der Waals surface area contributed by atoms with E-state index in [4.69, 9.17) is 4.74 Å². The maximum atomic E-state index is 7.23. The second kappa shape index (κ2) is 14.8. The predicted octanol–water partition coefficient (Wildman–Crippen LogP) is 16.9. The summed E-state index contributed by atoms with van der Waals surface area (Å²) in [4.78, 5) is 2.39. The molecule has 0 bridgehead atoms. The van der Waals surface area contributed by atoms with Crippen molar-refractivity contribution in [2.45, 2.75) is 5.41 Å². The summed E-state index contributed by atoms with van der Waals surface area (Å²) in [6.07, 6.45) is 0. The first-order valence-electron chi connectivity index (χ1n) is 22.4. The van der Waals surface area contributed by atoms with E-state index in [1.807, 2.05) is 0 Å². The van der Waals surface area contributed by atoms with Crippen molar-refractivity contribution in [1.29, 1.82) is 0 Å². The van der Waals surface area contributed by atoms with Gasteiger partial charge in [-0.25, -0.2) is 0 Å². The summed E-state index contributed by atoms with van der Waals surface area (Å²) in [5.41, 5.74) is 17.1. The Kier molecular flexibility index (Phi) is 8.47. The third kappa shape index (κ3) is 5.74. The molecular formula is C63H41NO. The monoisotopic (exact) mass is 827 g/mol. The highest BCUT2D eigenvalue weighted by Crippen LogP contribution is 2.65. The molecule has 11 aromatic carbocycles. The molecule has 0 fully saturated rings. The zero-order valence-electron chi connectivity index (χ0n) is 35.5. The minimum Gasteiger partial charge on any atom is -0.455 e. The van der Waals surface area contributed by atoms with Gasteiger partial charge in [0.05, 0.1) is 5.41 Å². The number of hydrogen-bond donors (Lipinski definition) is 0. The molecule has 0 saturated carbocycles. The summed E-state index contributed by atoms with van der Waals surface area (Å²) in [5, 5.41) is 4.56. The van der Waals surface area contributed by atoms with E-state index in [1.165, 1.54) is 61.2 Å². The molecule has 65 heavy (non-hydrogen) atoms. The summed E-state index contributed by atoms with van der Waals surface area (Å²) >= 11 is 0. The van der Waals surface area contributed by atoms with E-state index in [1.54, 1.807) is 0 Å². The highest BCUT2D eigenvalue weighted by molar-refractivity contribution is 6.02. The summed E-state index contributed by atoms with van der Waals surface area (Å²) in [7, 11) is 0. The van der Waals surface area contributed by atoms with Crippen LogP contribution >= 0.6 is 0 Å². The smallest absolute Gasteiger partial charge is 0.140 e. The Labute approximate surface area is 378 Å². The van der Waals surface area contributed by atoms with E-state index >= 15 is 0 Å². The summed E-state index contributed by atoms with van der Waals surface area (Å²) in [6, 6.07) is 90.6. The predicted molar refractivity (Wildman–Crippen MR) is 270 cm³/mol. The largest absolute Gasteiger partial charge is 0.455 e. The normalized spacial score (nSPS) is 12.9. The van der Waals surface area contributed by atoms with E-state index in [-0.39, 0.29) is 0 Å². The maximum absolute atomic E-state index is 7.23. The van der Waals surface area contributed by atoms with Crippen molar-refractivity contribution in [3.63, 3.8) is 0 Å². The molecule has 0 radical (unpaired) electrons. The topological polar surface area (TPSA) is 12.5 Å². The molecule has 0 unspecified atom stereocenters. The molecule has 2 nitrogen and oxygen atoms in total. The Bertz CT molecular complexity index is 3540. The Morgan fingerprint density at radius 1 is 0.292 bits per heavy atom. The van der Waals surface area contributed by atoms with Gasteiger partial charge in [-0.3, -0.25) is 0 Å². The van der Waals surface area contributed by atoms with Gasteiger partial charge >= 0.3 is 0 Å². The SMILES string of the molecule is c1ccc(-c2ccc(N(c3cccc(-c4ccccc4)c3)c3cccc(-c4cccc5c4-c4ccccc4C54c5ccc6ccccc6c5Oc5c4ccc4ccccc54)c3)cc2)cc1. The molecule has 13 rings (SSSR count). The number of rotatable bonds is 6. The van der Waals surface area contributed by atoms with E-state index in [0.717, 1.165) is 55.7 Å². The molecule has 11 aromatic rings. The zero-order chi connectivity index (χ0) is 42.9. The number of anilines is 3. The second-order valence-corrected chi connectivity index (χ2v) is 17.2. The standard InChI is InChI=1S/C63H41NO/c1-3-16-42(17-4-1)44-32-36-49(37-33-44)64(50-24-13-22-47(40-50)43-18-5-2-6-19-43)51-25-14-23-48(41-51)52-29-15-31-57-60(52)55-28-11-12-30-56(55)63(57)58-38-34-45-20-7-9-26-53(45)61(58)65-62-54-27-10-8-21-46(54)35-39-59(62)63/h1-41H. The average Bonchev–Trinajstić information content (AvgIpc) is 3.68. The van der Waals surface area contributed by atoms with Crippen molar-refractivity contribution >= 4 is 38.6 Å². The van der Waals surface area contributed by atoms with Crippen LogP contribution in [0, 0.1) is 0 Å². The molecule has 2 heteroatoms. The van der Waals surface area contributed by atoms with E-state index in [2.05, 4.69) is 254 Å². The summed E-state index contributed by atoms with van der Waals surface area (Å²) < 4.78 is 7.23. The van der Waals surface area contributed by atoms with Crippen LogP contribution in [-0.2, 0) is 5.41 Å². The molecule has 0 atom stereocenters. The molecule has 304 valence electrons. The highest BCUT2D eigenvalue weighted by atomic mass is 16.5. The fraction of sp³-hybridized carbons (Fsp3) is 0.0159. The summed E-state index contributed by atoms with van der Waals surface area (Å²) in [6.45, 7) is 0. The van der Waals surface area contributed by atoms with Crippen LogP contribution in [0.25, 0.3) is 66.1 Å². The van der Waals surface area contributed by atoms with Gasteiger partial charge in [-0.2, -0.15) is 0 Å². The van der Waals surface area contributed by atoms with Crippen LogP contribution in [0.1, 0.15) is 22.3 Å². The average molecular weight is 828 g/mol. The van der Waals surface area contributed by atoms with Crippen LogP contribution in [-0.4, -0.2) is 0 Å². The van der Waals surface area contributed by atoms with Crippen LogP contribution < -0.4 is 9.64 Å². The lowest BCUT2D eigenvalue weighted by Gasteiger charge is -2.40. The first-order valence-corrected chi connectivity index (χ1v) is 22.4. The molecule has 1 aliphatic carbocycles. The van der Waals surface area contributed by atoms with Crippen LogP contribution in [0.4, 0.5) is 17.1 Å². The third-order valence-corrected chi connectivity index (χ3v) is 13.7. The van der Waals surface area contributed by atoms with Crippen molar-refractivity contribution in [1.82, 2.24) is 0 Å². The third-order valence-electron chi connectivity index (χ3n) is 13.7. The van der Waals surface area contributed by atoms with E-state index < -0.39 is 5.41 Å². The quantitative estimate of drug-likeness (QED) is 0.166. The number of ether oxygens (including phenoxy) is 1. The molecule has 1 aliphatic heterocycles. The summed E-state index contributed by atoms with van der Waals surface area (Å²) in [5.74, 6) is 1.85. The van der Waals surface area contributed by atoms with Gasteiger partial charge in [0.15, 0.2) is 0 Å². The molecule has 2 aliphatic rings. The van der Waals surface area contributed by atoms with Crippen LogP contribution in [0.5, 0.6) is 11.5 Å². The van der Waals surface area contributed by atoms with E-state index in [0.29, 0.717) is 0 Å². The van der Waals surface area contributed by atoms with Crippen molar-refractivity contribution in [3.05, 3.63) is 271 Å². The van der Waals surface area contributed by atoms with Gasteiger partial charge < -0.3 is 9.64 Å². The zero-order valence-corrected chi connectivity index (χ0v) is 35.5. The Morgan fingerprint density at radius 3 is 1.43 bits per heavy atom. The van der Waals surface area contributed by atoms with Gasteiger partial charge in [0, 0.05) is 39.0 Å². The number of fused-ring (bicyclic) bond motifs is 13. The Balaban J connectivity index is 1.03. The van der Waals surface area contributed by atoms with Gasteiger partial charge in [0.1, 0.15) is 11.5 Å². The Hall–Kier alpha value is -8.46. The van der Waals surface area contributed by atoms with Crippen LogP contribution in [0.2, 0.25) is 0 Å². The highest BCUT2D eigenvalue weighted by Gasteiger charge is 2.52. The van der Waals surface area contributed by atoms with Gasteiger partial charge in [-0.15, -0.1) is 0 Å². The van der Waals surface area contributed by atoms with Crippen LogP contribution in [0.15, 0.2) is 249 Å². The number of benzene rings is 11. The molecule has 0 aromatic heterocycles. The Morgan fingerprint density at radius 2 is 0.769 bits per heavy atom.